The SMILES string of the molecule is CCNC(=NCC(C)COCc1ccccc1)NC1CCCC(S(=O)CC)C1.I. The minimum Gasteiger partial charge on any atom is -0.376 e. The first-order valence-electron chi connectivity index (χ1n) is 10.7. The van der Waals surface area contributed by atoms with Crippen molar-refractivity contribution in [1.29, 1.82) is 0 Å². The first-order chi connectivity index (χ1) is 13.6. The summed E-state index contributed by atoms with van der Waals surface area (Å²) in [5, 5.41) is 7.24. The van der Waals surface area contributed by atoms with Crippen LogP contribution in [0.2, 0.25) is 0 Å². The van der Waals surface area contributed by atoms with E-state index in [9.17, 15) is 4.21 Å². The van der Waals surface area contributed by atoms with Crippen LogP contribution in [0.4, 0.5) is 0 Å². The second kappa shape index (κ2) is 15.2. The van der Waals surface area contributed by atoms with Gasteiger partial charge in [-0.25, -0.2) is 0 Å². The molecule has 1 fully saturated rings. The zero-order valence-corrected chi connectivity index (χ0v) is 21.2. The standard InChI is InChI=1S/C22H37N3O2S.HI/c1-4-23-22(25-20-12-9-13-21(14-20)28(26)5-2)24-15-18(3)16-27-17-19-10-7-6-8-11-19;/h6-8,10-11,18,20-21H,4-5,9,12-17H2,1-3H3,(H2,23,24,25);1H. The molecule has 0 aromatic heterocycles. The van der Waals surface area contributed by atoms with E-state index in [0.717, 1.165) is 50.5 Å². The predicted octanol–water partition coefficient (Wildman–Crippen LogP) is 4.09. The lowest BCUT2D eigenvalue weighted by Gasteiger charge is -2.30. The summed E-state index contributed by atoms with van der Waals surface area (Å²) in [5.74, 6) is 1.97. The minimum absolute atomic E-state index is 0. The molecule has 0 aliphatic heterocycles. The highest BCUT2D eigenvalue weighted by atomic mass is 127. The van der Waals surface area contributed by atoms with Crippen molar-refractivity contribution in [1.82, 2.24) is 10.6 Å². The van der Waals surface area contributed by atoms with Crippen molar-refractivity contribution >= 4 is 40.7 Å². The number of ether oxygens (including phenoxy) is 1. The van der Waals surface area contributed by atoms with Crippen LogP contribution in [0.5, 0.6) is 0 Å². The average Bonchev–Trinajstić information content (AvgIpc) is 2.72. The van der Waals surface area contributed by atoms with Crippen LogP contribution in [0, 0.1) is 5.92 Å². The van der Waals surface area contributed by atoms with E-state index in [1.165, 1.54) is 5.56 Å². The number of nitrogens with zero attached hydrogens (tertiary/aromatic N) is 1. The summed E-state index contributed by atoms with van der Waals surface area (Å²) in [6, 6.07) is 10.6. The van der Waals surface area contributed by atoms with E-state index in [2.05, 4.69) is 36.6 Å². The van der Waals surface area contributed by atoms with E-state index in [-0.39, 0.29) is 24.0 Å². The molecule has 0 bridgehead atoms. The number of aliphatic imine (C=N–C) groups is 1. The highest BCUT2D eigenvalue weighted by molar-refractivity contribution is 14.0. The normalized spacial score (nSPS) is 21.7. The van der Waals surface area contributed by atoms with Gasteiger partial charge in [0.05, 0.1) is 13.2 Å². The van der Waals surface area contributed by atoms with Crippen LogP contribution >= 0.6 is 24.0 Å². The highest BCUT2D eigenvalue weighted by Crippen LogP contribution is 2.23. The van der Waals surface area contributed by atoms with Crippen LogP contribution < -0.4 is 10.6 Å². The summed E-state index contributed by atoms with van der Waals surface area (Å²) in [6.07, 6.45) is 4.32. The lowest BCUT2D eigenvalue weighted by molar-refractivity contribution is 0.0945. The molecule has 1 aliphatic rings. The molecule has 0 spiro atoms. The van der Waals surface area contributed by atoms with Crippen molar-refractivity contribution in [2.75, 3.05) is 25.4 Å². The smallest absolute Gasteiger partial charge is 0.191 e. The van der Waals surface area contributed by atoms with Gasteiger partial charge in [-0.05, 0) is 37.7 Å². The molecule has 29 heavy (non-hydrogen) atoms. The molecule has 1 aliphatic carbocycles. The lowest BCUT2D eigenvalue weighted by atomic mass is 9.95. The third kappa shape index (κ3) is 10.3. The summed E-state index contributed by atoms with van der Waals surface area (Å²) in [7, 11) is -0.700. The van der Waals surface area contributed by atoms with Crippen LogP contribution in [0.25, 0.3) is 0 Å². The van der Waals surface area contributed by atoms with E-state index in [1.807, 2.05) is 25.1 Å². The van der Waals surface area contributed by atoms with Gasteiger partial charge >= 0.3 is 0 Å². The average molecular weight is 536 g/mol. The van der Waals surface area contributed by atoms with Gasteiger partial charge in [0.25, 0.3) is 0 Å². The van der Waals surface area contributed by atoms with Gasteiger partial charge in [0.15, 0.2) is 5.96 Å². The minimum atomic E-state index is -0.700. The van der Waals surface area contributed by atoms with Gasteiger partial charge in [-0.2, -0.15) is 0 Å². The topological polar surface area (TPSA) is 62.7 Å². The van der Waals surface area contributed by atoms with Crippen LogP contribution in [0.15, 0.2) is 35.3 Å². The summed E-state index contributed by atoms with van der Waals surface area (Å²) in [6.45, 7) is 9.16. The quantitative estimate of drug-likeness (QED) is 0.269. The number of benzene rings is 1. The molecule has 2 N–H and O–H groups in total. The largest absolute Gasteiger partial charge is 0.376 e. The number of hydrogen-bond donors (Lipinski definition) is 2. The maximum absolute atomic E-state index is 12.2. The molecule has 4 atom stereocenters. The maximum Gasteiger partial charge on any atom is 0.191 e. The molecule has 4 unspecified atom stereocenters. The molecule has 1 aromatic carbocycles. The molecule has 0 amide bonds. The molecule has 0 heterocycles. The van der Waals surface area contributed by atoms with E-state index >= 15 is 0 Å². The number of rotatable bonds is 10. The fraction of sp³-hybridized carbons (Fsp3) is 0.682. The van der Waals surface area contributed by atoms with Gasteiger partial charge in [-0.15, -0.1) is 24.0 Å². The molecule has 5 nitrogen and oxygen atoms in total. The van der Waals surface area contributed by atoms with Crippen molar-refractivity contribution < 1.29 is 8.95 Å². The molecule has 0 radical (unpaired) electrons. The van der Waals surface area contributed by atoms with E-state index < -0.39 is 10.8 Å². The van der Waals surface area contributed by atoms with Gasteiger partial charge in [0.1, 0.15) is 0 Å². The third-order valence-electron chi connectivity index (χ3n) is 5.04. The van der Waals surface area contributed by atoms with Gasteiger partial charge < -0.3 is 15.4 Å². The van der Waals surface area contributed by atoms with Crippen LogP contribution in [0.3, 0.4) is 0 Å². The Hall–Kier alpha value is -0.670. The second-order valence-corrected chi connectivity index (χ2v) is 9.63. The van der Waals surface area contributed by atoms with Crippen LogP contribution in [-0.4, -0.2) is 46.9 Å². The molecule has 2 rings (SSSR count). The predicted molar refractivity (Wildman–Crippen MR) is 135 cm³/mol. The monoisotopic (exact) mass is 535 g/mol. The van der Waals surface area contributed by atoms with E-state index in [1.54, 1.807) is 0 Å². The Morgan fingerprint density at radius 1 is 1.28 bits per heavy atom. The summed E-state index contributed by atoms with van der Waals surface area (Å²) in [5.41, 5.74) is 1.20. The summed E-state index contributed by atoms with van der Waals surface area (Å²) >= 11 is 0. The van der Waals surface area contributed by atoms with E-state index in [4.69, 9.17) is 9.73 Å². The van der Waals surface area contributed by atoms with Gasteiger partial charge in [-0.3, -0.25) is 9.20 Å². The number of halogens is 1. The summed E-state index contributed by atoms with van der Waals surface area (Å²) in [4.78, 5) is 4.76. The molecule has 1 aromatic rings. The van der Waals surface area contributed by atoms with Gasteiger partial charge in [-0.1, -0.05) is 50.6 Å². The fourth-order valence-corrected chi connectivity index (χ4v) is 4.86. The second-order valence-electron chi connectivity index (χ2n) is 7.62. The third-order valence-corrected chi connectivity index (χ3v) is 6.78. The van der Waals surface area contributed by atoms with Gasteiger partial charge in [0.2, 0.25) is 0 Å². The zero-order valence-electron chi connectivity index (χ0n) is 18.1. The first-order valence-corrected chi connectivity index (χ1v) is 12.0. The number of hydrogen-bond acceptors (Lipinski definition) is 3. The first kappa shape index (κ1) is 26.4. The number of nitrogens with one attached hydrogen (secondary N) is 2. The zero-order chi connectivity index (χ0) is 20.2. The highest BCUT2D eigenvalue weighted by Gasteiger charge is 2.26. The van der Waals surface area contributed by atoms with Crippen molar-refractivity contribution in [3.63, 3.8) is 0 Å². The van der Waals surface area contributed by atoms with Crippen molar-refractivity contribution in [2.24, 2.45) is 10.9 Å². The van der Waals surface area contributed by atoms with Crippen LogP contribution in [-0.2, 0) is 22.1 Å². The molecule has 7 heteroatoms. The molecular formula is C22H38IN3O2S. The fourth-order valence-electron chi connectivity index (χ4n) is 3.52. The Labute approximate surface area is 196 Å². The Bertz CT molecular complexity index is 615. The van der Waals surface area contributed by atoms with Crippen molar-refractivity contribution in [3.8, 4) is 0 Å². The Morgan fingerprint density at radius 3 is 2.72 bits per heavy atom. The molecular weight excluding hydrogens is 497 g/mol. The van der Waals surface area contributed by atoms with E-state index in [0.29, 0.717) is 30.4 Å². The number of guanidine groups is 1. The van der Waals surface area contributed by atoms with Crippen molar-refractivity contribution in [2.45, 2.75) is 64.4 Å². The molecule has 166 valence electrons. The maximum atomic E-state index is 12.2. The Morgan fingerprint density at radius 2 is 2.03 bits per heavy atom. The Balaban J connectivity index is 0.00000420. The lowest BCUT2D eigenvalue weighted by Crippen LogP contribution is -2.46. The Kier molecular flexibility index (Phi) is 13.8. The van der Waals surface area contributed by atoms with Gasteiger partial charge in [0, 0.05) is 40.9 Å². The summed E-state index contributed by atoms with van der Waals surface area (Å²) < 4.78 is 18.0. The van der Waals surface area contributed by atoms with Crippen LogP contribution in [0.1, 0.15) is 52.0 Å². The molecule has 1 saturated carbocycles. The van der Waals surface area contributed by atoms with Crippen molar-refractivity contribution in [3.05, 3.63) is 35.9 Å². The molecule has 0 saturated heterocycles.